The molecule has 0 unspecified atom stereocenters. The summed E-state index contributed by atoms with van der Waals surface area (Å²) >= 11 is 1.66. The van der Waals surface area contributed by atoms with Crippen molar-refractivity contribution in [1.82, 2.24) is 15.1 Å². The summed E-state index contributed by atoms with van der Waals surface area (Å²) in [4.78, 5) is 2.50. The van der Waals surface area contributed by atoms with Crippen LogP contribution in [-0.2, 0) is 6.54 Å². The summed E-state index contributed by atoms with van der Waals surface area (Å²) in [5, 5.41) is 13.3. The van der Waals surface area contributed by atoms with Gasteiger partial charge in [-0.1, -0.05) is 25.2 Å². The molecule has 1 fully saturated rings. The average molecular weight is 254 g/mol. The molecule has 1 aliphatic heterocycles. The van der Waals surface area contributed by atoms with Crippen LogP contribution >= 0.6 is 11.3 Å². The Morgan fingerprint density at radius 3 is 2.59 bits per heavy atom. The molecule has 2 rings (SSSR count). The first-order valence-electron chi connectivity index (χ1n) is 6.41. The van der Waals surface area contributed by atoms with E-state index < -0.39 is 0 Å². The van der Waals surface area contributed by atoms with Gasteiger partial charge < -0.3 is 5.32 Å². The van der Waals surface area contributed by atoms with Crippen LogP contribution in [0.2, 0.25) is 0 Å². The van der Waals surface area contributed by atoms with Crippen molar-refractivity contribution in [3.63, 3.8) is 0 Å². The van der Waals surface area contributed by atoms with Crippen LogP contribution in [0.15, 0.2) is 0 Å². The normalized spacial score (nSPS) is 18.8. The highest BCUT2D eigenvalue weighted by molar-refractivity contribution is 7.15. The van der Waals surface area contributed by atoms with Gasteiger partial charge in [-0.2, -0.15) is 0 Å². The lowest BCUT2D eigenvalue weighted by molar-refractivity contribution is 0.151. The second-order valence-electron chi connectivity index (χ2n) is 5.11. The highest BCUT2D eigenvalue weighted by Gasteiger charge is 2.22. The van der Waals surface area contributed by atoms with Gasteiger partial charge in [0.2, 0.25) is 5.13 Å². The summed E-state index contributed by atoms with van der Waals surface area (Å²) in [6.07, 6.45) is 2.66. The lowest BCUT2D eigenvalue weighted by Gasteiger charge is -2.33. The number of hydrogen-bond donors (Lipinski definition) is 1. The van der Waals surface area contributed by atoms with E-state index in [-0.39, 0.29) is 0 Å². The smallest absolute Gasteiger partial charge is 0.205 e. The van der Waals surface area contributed by atoms with Gasteiger partial charge in [-0.25, -0.2) is 0 Å². The molecular weight excluding hydrogens is 232 g/mol. The Morgan fingerprint density at radius 1 is 1.35 bits per heavy atom. The van der Waals surface area contributed by atoms with Gasteiger partial charge >= 0.3 is 0 Å². The van der Waals surface area contributed by atoms with E-state index in [9.17, 15) is 0 Å². The predicted molar refractivity (Wildman–Crippen MR) is 72.3 cm³/mol. The van der Waals surface area contributed by atoms with Gasteiger partial charge in [0.05, 0.1) is 6.54 Å². The molecule has 5 heteroatoms. The van der Waals surface area contributed by atoms with Crippen molar-refractivity contribution in [3.05, 3.63) is 5.01 Å². The van der Waals surface area contributed by atoms with E-state index in [0.29, 0.717) is 0 Å². The molecule has 0 aromatic carbocycles. The molecule has 1 aromatic rings. The molecule has 2 heterocycles. The lowest BCUT2D eigenvalue weighted by atomic mass is 9.87. The maximum absolute atomic E-state index is 4.20. The minimum Gasteiger partial charge on any atom is -0.363 e. The Labute approximate surface area is 107 Å². The molecular formula is C12H22N4S. The summed E-state index contributed by atoms with van der Waals surface area (Å²) in [6, 6.07) is 0. The van der Waals surface area contributed by atoms with Gasteiger partial charge in [0.1, 0.15) is 5.01 Å². The number of nitrogens with zero attached hydrogens (tertiary/aromatic N) is 3. The second-order valence-corrected chi connectivity index (χ2v) is 6.17. The van der Waals surface area contributed by atoms with E-state index in [1.807, 2.05) is 7.05 Å². The van der Waals surface area contributed by atoms with Crippen LogP contribution in [0, 0.1) is 11.8 Å². The van der Waals surface area contributed by atoms with Crippen molar-refractivity contribution in [2.24, 2.45) is 11.8 Å². The van der Waals surface area contributed by atoms with Crippen molar-refractivity contribution >= 4 is 16.5 Å². The first-order valence-corrected chi connectivity index (χ1v) is 7.23. The van der Waals surface area contributed by atoms with Gasteiger partial charge in [0, 0.05) is 7.05 Å². The second kappa shape index (κ2) is 5.78. The fourth-order valence-corrected chi connectivity index (χ4v) is 3.12. The molecule has 0 bridgehead atoms. The Bertz CT molecular complexity index is 342. The maximum Gasteiger partial charge on any atom is 0.205 e. The fourth-order valence-electron chi connectivity index (χ4n) is 2.39. The molecule has 0 radical (unpaired) electrons. The molecule has 0 amide bonds. The zero-order valence-corrected chi connectivity index (χ0v) is 11.8. The molecule has 0 saturated carbocycles. The van der Waals surface area contributed by atoms with Crippen LogP contribution in [-0.4, -0.2) is 35.2 Å². The zero-order chi connectivity index (χ0) is 12.3. The first-order chi connectivity index (χ1) is 8.19. The van der Waals surface area contributed by atoms with Gasteiger partial charge in [-0.15, -0.1) is 10.2 Å². The standard InChI is InChI=1S/C12H22N4S/c1-9(2)10-4-6-16(7-5-10)8-11-14-15-12(13-3)17-11/h9-10H,4-8H2,1-3H3,(H,13,15). The Hall–Kier alpha value is -0.680. The largest absolute Gasteiger partial charge is 0.363 e. The average Bonchev–Trinajstić information content (AvgIpc) is 2.77. The van der Waals surface area contributed by atoms with E-state index in [4.69, 9.17) is 0 Å². The Kier molecular flexibility index (Phi) is 4.34. The van der Waals surface area contributed by atoms with E-state index in [2.05, 4.69) is 34.3 Å². The van der Waals surface area contributed by atoms with Gasteiger partial charge in [0.15, 0.2) is 0 Å². The number of rotatable bonds is 4. The molecule has 96 valence electrons. The van der Waals surface area contributed by atoms with Crippen molar-refractivity contribution in [3.8, 4) is 0 Å². The highest BCUT2D eigenvalue weighted by Crippen LogP contribution is 2.26. The minimum atomic E-state index is 0.828. The number of piperidine rings is 1. The van der Waals surface area contributed by atoms with E-state index in [1.165, 1.54) is 25.9 Å². The third-order valence-corrected chi connectivity index (χ3v) is 4.54. The van der Waals surface area contributed by atoms with Crippen molar-refractivity contribution in [2.75, 3.05) is 25.5 Å². The summed E-state index contributed by atoms with van der Waals surface area (Å²) in [7, 11) is 1.89. The van der Waals surface area contributed by atoms with E-state index in [0.717, 1.165) is 28.5 Å². The predicted octanol–water partition coefficient (Wildman–Crippen LogP) is 2.45. The SMILES string of the molecule is CNc1nnc(CN2CCC(C(C)C)CC2)s1. The molecule has 0 atom stereocenters. The van der Waals surface area contributed by atoms with Crippen LogP contribution in [0.25, 0.3) is 0 Å². The summed E-state index contributed by atoms with van der Waals surface area (Å²) in [5.74, 6) is 1.74. The van der Waals surface area contributed by atoms with Crippen LogP contribution < -0.4 is 5.32 Å². The van der Waals surface area contributed by atoms with Crippen LogP contribution in [0.5, 0.6) is 0 Å². The number of likely N-dealkylation sites (tertiary alicyclic amines) is 1. The van der Waals surface area contributed by atoms with Gasteiger partial charge in [-0.3, -0.25) is 4.90 Å². The molecule has 17 heavy (non-hydrogen) atoms. The summed E-state index contributed by atoms with van der Waals surface area (Å²) in [5.41, 5.74) is 0. The zero-order valence-electron chi connectivity index (χ0n) is 10.9. The monoisotopic (exact) mass is 254 g/mol. The highest BCUT2D eigenvalue weighted by atomic mass is 32.1. The third kappa shape index (κ3) is 3.39. The fraction of sp³-hybridized carbons (Fsp3) is 0.833. The maximum atomic E-state index is 4.20. The van der Waals surface area contributed by atoms with Crippen molar-refractivity contribution < 1.29 is 0 Å². The van der Waals surface area contributed by atoms with Gasteiger partial charge in [-0.05, 0) is 37.8 Å². The Balaban J connectivity index is 1.81. The number of aromatic nitrogens is 2. The molecule has 0 aliphatic carbocycles. The Morgan fingerprint density at radius 2 is 2.06 bits per heavy atom. The minimum absolute atomic E-state index is 0.828. The quantitative estimate of drug-likeness (QED) is 0.896. The van der Waals surface area contributed by atoms with Gasteiger partial charge in [0.25, 0.3) is 0 Å². The van der Waals surface area contributed by atoms with Crippen LogP contribution in [0.3, 0.4) is 0 Å². The third-order valence-electron chi connectivity index (χ3n) is 3.61. The first kappa shape index (κ1) is 12.8. The molecule has 1 aromatic heterocycles. The number of nitrogens with one attached hydrogen (secondary N) is 1. The number of hydrogen-bond acceptors (Lipinski definition) is 5. The van der Waals surface area contributed by atoms with E-state index >= 15 is 0 Å². The van der Waals surface area contributed by atoms with E-state index in [1.54, 1.807) is 11.3 Å². The molecule has 1 saturated heterocycles. The summed E-state index contributed by atoms with van der Waals surface area (Å²) in [6.45, 7) is 8.05. The van der Waals surface area contributed by atoms with Crippen molar-refractivity contribution in [2.45, 2.75) is 33.2 Å². The topological polar surface area (TPSA) is 41.1 Å². The van der Waals surface area contributed by atoms with Crippen molar-refractivity contribution in [1.29, 1.82) is 0 Å². The number of anilines is 1. The van der Waals surface area contributed by atoms with Crippen LogP contribution in [0.1, 0.15) is 31.7 Å². The molecule has 1 N–H and O–H groups in total. The molecule has 4 nitrogen and oxygen atoms in total. The molecule has 1 aliphatic rings. The molecule has 0 spiro atoms. The van der Waals surface area contributed by atoms with Crippen LogP contribution in [0.4, 0.5) is 5.13 Å². The lowest BCUT2D eigenvalue weighted by Crippen LogP contribution is -2.34. The summed E-state index contributed by atoms with van der Waals surface area (Å²) < 4.78 is 0.